The monoisotopic (exact) mass is 343 g/mol. The van der Waals surface area contributed by atoms with Crippen molar-refractivity contribution < 1.29 is 0 Å². The predicted molar refractivity (Wildman–Crippen MR) is 76.0 cm³/mol. The molecule has 0 amide bonds. The van der Waals surface area contributed by atoms with Crippen LogP contribution < -0.4 is 5.32 Å². The van der Waals surface area contributed by atoms with Gasteiger partial charge >= 0.3 is 0 Å². The molecule has 18 heavy (non-hydrogen) atoms. The SMILES string of the molecule is Clc1nc(NCc2sccc2Br)c2[nH]cnc2n1. The Morgan fingerprint density at radius 3 is 3.11 bits per heavy atom. The standard InChI is InChI=1S/C10H7BrClN5S/c11-5-1-2-18-6(5)3-13-8-7-9(15-4-14-7)17-10(12)16-8/h1-2,4H,3H2,(H2,13,14,15,16,17). The van der Waals surface area contributed by atoms with E-state index >= 15 is 0 Å². The van der Waals surface area contributed by atoms with Crippen molar-refractivity contribution in [2.75, 3.05) is 5.32 Å². The number of aromatic nitrogens is 4. The average Bonchev–Trinajstić information content (AvgIpc) is 2.94. The molecule has 0 unspecified atom stereocenters. The number of rotatable bonds is 3. The van der Waals surface area contributed by atoms with Crippen molar-refractivity contribution in [3.63, 3.8) is 0 Å². The quantitative estimate of drug-likeness (QED) is 0.714. The number of halogens is 2. The highest BCUT2D eigenvalue weighted by atomic mass is 79.9. The van der Waals surface area contributed by atoms with Crippen molar-refractivity contribution in [1.82, 2.24) is 19.9 Å². The van der Waals surface area contributed by atoms with E-state index in [0.717, 1.165) is 9.99 Å². The molecule has 2 N–H and O–H groups in total. The third-order valence-corrected chi connectivity index (χ3v) is 4.46. The largest absolute Gasteiger partial charge is 0.363 e. The number of imidazole rings is 1. The lowest BCUT2D eigenvalue weighted by Crippen LogP contribution is -2.02. The van der Waals surface area contributed by atoms with Gasteiger partial charge in [-0.25, -0.2) is 4.98 Å². The van der Waals surface area contributed by atoms with Crippen molar-refractivity contribution in [3.05, 3.63) is 32.4 Å². The summed E-state index contributed by atoms with van der Waals surface area (Å²) in [6.45, 7) is 0.666. The molecule has 0 radical (unpaired) electrons. The summed E-state index contributed by atoms with van der Waals surface area (Å²) >= 11 is 11.0. The number of hydrogen-bond donors (Lipinski definition) is 2. The van der Waals surface area contributed by atoms with Gasteiger partial charge in [-0.3, -0.25) is 0 Å². The van der Waals surface area contributed by atoms with Crippen molar-refractivity contribution in [2.24, 2.45) is 0 Å². The maximum absolute atomic E-state index is 5.85. The van der Waals surface area contributed by atoms with Crippen molar-refractivity contribution >= 4 is 55.8 Å². The minimum atomic E-state index is 0.183. The average molecular weight is 345 g/mol. The second-order valence-electron chi connectivity index (χ2n) is 3.49. The smallest absolute Gasteiger partial charge is 0.226 e. The molecule has 0 bridgehead atoms. The molecule has 0 spiro atoms. The van der Waals surface area contributed by atoms with E-state index in [1.807, 2.05) is 11.4 Å². The number of anilines is 1. The molecule has 0 aromatic carbocycles. The van der Waals surface area contributed by atoms with Crippen molar-refractivity contribution in [3.8, 4) is 0 Å². The molecule has 8 heteroatoms. The van der Waals surface area contributed by atoms with Gasteiger partial charge < -0.3 is 10.3 Å². The lowest BCUT2D eigenvalue weighted by atomic mass is 10.4. The second kappa shape index (κ2) is 4.83. The highest BCUT2D eigenvalue weighted by Gasteiger charge is 2.09. The van der Waals surface area contributed by atoms with Crippen molar-refractivity contribution in [2.45, 2.75) is 6.54 Å². The van der Waals surface area contributed by atoms with Crippen LogP contribution in [0.5, 0.6) is 0 Å². The van der Waals surface area contributed by atoms with E-state index in [-0.39, 0.29) is 5.28 Å². The van der Waals surface area contributed by atoms with Gasteiger partial charge in [0, 0.05) is 9.35 Å². The number of aromatic amines is 1. The van der Waals surface area contributed by atoms with Crippen LogP contribution in [0.15, 0.2) is 22.2 Å². The summed E-state index contributed by atoms with van der Waals surface area (Å²) in [6.07, 6.45) is 1.57. The van der Waals surface area contributed by atoms with Crippen LogP contribution in [0.4, 0.5) is 5.82 Å². The Labute approximate surface area is 120 Å². The van der Waals surface area contributed by atoms with Crippen LogP contribution in [-0.4, -0.2) is 19.9 Å². The lowest BCUT2D eigenvalue weighted by Gasteiger charge is -2.05. The maximum Gasteiger partial charge on any atom is 0.226 e. The molecule has 0 aliphatic heterocycles. The first-order valence-electron chi connectivity index (χ1n) is 5.06. The summed E-state index contributed by atoms with van der Waals surface area (Å²) in [4.78, 5) is 16.4. The zero-order chi connectivity index (χ0) is 12.5. The van der Waals surface area contributed by atoms with Gasteiger partial charge in [-0.1, -0.05) is 0 Å². The third kappa shape index (κ3) is 2.21. The highest BCUT2D eigenvalue weighted by molar-refractivity contribution is 9.10. The van der Waals surface area contributed by atoms with E-state index in [0.29, 0.717) is 18.0 Å². The van der Waals surface area contributed by atoms with Crippen LogP contribution in [0, 0.1) is 0 Å². The first kappa shape index (κ1) is 11.9. The van der Waals surface area contributed by atoms with E-state index in [4.69, 9.17) is 11.6 Å². The van der Waals surface area contributed by atoms with Gasteiger partial charge in [0.25, 0.3) is 0 Å². The molecule has 0 aliphatic rings. The van der Waals surface area contributed by atoms with E-state index in [9.17, 15) is 0 Å². The van der Waals surface area contributed by atoms with Gasteiger partial charge in [-0.15, -0.1) is 11.3 Å². The Morgan fingerprint density at radius 1 is 1.44 bits per heavy atom. The van der Waals surface area contributed by atoms with E-state index in [1.165, 1.54) is 4.88 Å². The van der Waals surface area contributed by atoms with Crippen LogP contribution in [0.25, 0.3) is 11.2 Å². The van der Waals surface area contributed by atoms with E-state index in [1.54, 1.807) is 17.7 Å². The molecule has 92 valence electrons. The Bertz CT molecular complexity index is 694. The highest BCUT2D eigenvalue weighted by Crippen LogP contribution is 2.25. The minimum Gasteiger partial charge on any atom is -0.363 e. The van der Waals surface area contributed by atoms with Crippen LogP contribution in [-0.2, 0) is 6.54 Å². The zero-order valence-electron chi connectivity index (χ0n) is 8.94. The summed E-state index contributed by atoms with van der Waals surface area (Å²) in [6, 6.07) is 2.01. The fourth-order valence-electron chi connectivity index (χ4n) is 1.55. The number of H-pyrrole nitrogens is 1. The fourth-order valence-corrected chi connectivity index (χ4v) is 3.15. The predicted octanol–water partition coefficient (Wildman–Crippen LogP) is 3.44. The first-order chi connectivity index (χ1) is 8.74. The molecule has 3 aromatic heterocycles. The molecular formula is C10H7BrClN5S. The molecule has 0 saturated carbocycles. The number of hydrogen-bond acceptors (Lipinski definition) is 5. The maximum atomic E-state index is 5.85. The minimum absolute atomic E-state index is 0.183. The summed E-state index contributed by atoms with van der Waals surface area (Å²) in [5.74, 6) is 0.655. The normalized spacial score (nSPS) is 11.0. The van der Waals surface area contributed by atoms with Gasteiger partial charge in [0.1, 0.15) is 5.52 Å². The Kier molecular flexibility index (Phi) is 3.19. The number of fused-ring (bicyclic) bond motifs is 1. The molecule has 0 fully saturated rings. The molecule has 5 nitrogen and oxygen atoms in total. The van der Waals surface area contributed by atoms with Crippen LogP contribution >= 0.6 is 38.9 Å². The molecule has 0 saturated heterocycles. The summed E-state index contributed by atoms with van der Waals surface area (Å²) in [7, 11) is 0. The van der Waals surface area contributed by atoms with Crippen LogP contribution in [0.3, 0.4) is 0 Å². The summed E-state index contributed by atoms with van der Waals surface area (Å²) in [5, 5.41) is 5.44. The van der Waals surface area contributed by atoms with Crippen molar-refractivity contribution in [1.29, 1.82) is 0 Å². The summed E-state index contributed by atoms with van der Waals surface area (Å²) in [5.41, 5.74) is 1.31. The Balaban J connectivity index is 1.90. The van der Waals surface area contributed by atoms with Gasteiger partial charge in [-0.2, -0.15) is 9.97 Å². The molecule has 3 aromatic rings. The zero-order valence-corrected chi connectivity index (χ0v) is 12.1. The topological polar surface area (TPSA) is 66.5 Å². The van der Waals surface area contributed by atoms with Gasteiger partial charge in [0.15, 0.2) is 11.5 Å². The summed E-state index contributed by atoms with van der Waals surface area (Å²) < 4.78 is 1.08. The molecule has 3 heterocycles. The number of nitrogens with zero attached hydrogens (tertiary/aromatic N) is 3. The Morgan fingerprint density at radius 2 is 2.33 bits per heavy atom. The van der Waals surface area contributed by atoms with Gasteiger partial charge in [0.05, 0.1) is 12.9 Å². The van der Waals surface area contributed by atoms with E-state index in [2.05, 4.69) is 41.2 Å². The first-order valence-corrected chi connectivity index (χ1v) is 7.11. The number of nitrogens with one attached hydrogen (secondary N) is 2. The number of thiophene rings is 1. The van der Waals surface area contributed by atoms with Crippen LogP contribution in [0.2, 0.25) is 5.28 Å². The van der Waals surface area contributed by atoms with Crippen LogP contribution in [0.1, 0.15) is 4.88 Å². The van der Waals surface area contributed by atoms with Gasteiger partial charge in [0.2, 0.25) is 5.28 Å². The lowest BCUT2D eigenvalue weighted by molar-refractivity contribution is 1.11. The fraction of sp³-hybridized carbons (Fsp3) is 0.100. The molecular weight excluding hydrogens is 338 g/mol. The van der Waals surface area contributed by atoms with E-state index < -0.39 is 0 Å². The Hall–Kier alpha value is -1.18. The van der Waals surface area contributed by atoms with Gasteiger partial charge in [-0.05, 0) is 39.0 Å². The second-order valence-corrected chi connectivity index (χ2v) is 5.68. The molecule has 0 atom stereocenters. The molecule has 0 aliphatic carbocycles. The third-order valence-electron chi connectivity index (χ3n) is 2.37. The molecule has 3 rings (SSSR count).